The van der Waals surface area contributed by atoms with Crippen LogP contribution in [0.15, 0.2) is 45.1 Å². The van der Waals surface area contributed by atoms with E-state index in [0.717, 1.165) is 16.8 Å². The number of nitrogens with one attached hydrogen (secondary N) is 3. The number of nitrogens with zero attached hydrogens (tertiary/aromatic N) is 2. The molecule has 1 aliphatic carbocycles. The minimum atomic E-state index is -4.00. The highest BCUT2D eigenvalue weighted by Crippen LogP contribution is 2.36. The molecule has 28 heavy (non-hydrogen) atoms. The second-order valence-electron chi connectivity index (χ2n) is 5.84. The monoisotopic (exact) mass is 553 g/mol. The number of fused-ring (bicyclic) bond motifs is 1. The normalized spacial score (nSPS) is 20.9. The Kier molecular flexibility index (Phi) is 6.31. The van der Waals surface area contributed by atoms with Crippen molar-refractivity contribution in [3.05, 3.63) is 51.1 Å². The number of hydrogen-bond donors (Lipinski definition) is 5. The number of rotatable bonds is 5. The highest BCUT2D eigenvalue weighted by Gasteiger charge is 2.32. The topological polar surface area (TPSA) is 150 Å². The molecule has 3 rings (SSSR count). The Balaban J connectivity index is 1.86. The number of aryl methyl sites for hydroxylation is 1. The van der Waals surface area contributed by atoms with Gasteiger partial charge in [0.1, 0.15) is 8.54 Å². The van der Waals surface area contributed by atoms with Gasteiger partial charge in [-0.15, -0.1) is 0 Å². The Hall–Kier alpha value is -1.64. The van der Waals surface area contributed by atoms with Crippen molar-refractivity contribution in [1.82, 2.24) is 10.3 Å². The average molecular weight is 554 g/mol. The zero-order chi connectivity index (χ0) is 20.5. The van der Waals surface area contributed by atoms with Crippen LogP contribution in [0.4, 0.5) is 5.69 Å². The van der Waals surface area contributed by atoms with E-state index in [-0.39, 0.29) is 19.5 Å². The van der Waals surface area contributed by atoms with Crippen molar-refractivity contribution >= 4 is 73.3 Å². The number of hydrazone groups is 1. The van der Waals surface area contributed by atoms with Crippen molar-refractivity contribution < 1.29 is 8.42 Å². The molecule has 1 aliphatic heterocycles. The summed E-state index contributed by atoms with van der Waals surface area (Å²) in [7, 11) is -4.00. The summed E-state index contributed by atoms with van der Waals surface area (Å²) in [6.07, 6.45) is 2.99. The lowest BCUT2D eigenvalue weighted by molar-refractivity contribution is 0.544. The summed E-state index contributed by atoms with van der Waals surface area (Å²) in [5.74, 6) is -0.244. The summed E-state index contributed by atoms with van der Waals surface area (Å²) in [6.45, 7) is 0. The lowest BCUT2D eigenvalue weighted by atomic mass is 10.1. The summed E-state index contributed by atoms with van der Waals surface area (Å²) in [5.41, 5.74) is 16.3. The van der Waals surface area contributed by atoms with Crippen LogP contribution in [-0.2, 0) is 16.4 Å². The van der Waals surface area contributed by atoms with Crippen LogP contribution in [0.5, 0.6) is 0 Å². The third kappa shape index (κ3) is 4.50. The van der Waals surface area contributed by atoms with Crippen molar-refractivity contribution in [2.45, 2.75) is 16.2 Å². The third-order valence-electron chi connectivity index (χ3n) is 3.94. The number of sulfonamides is 1. The number of hydrogen-bond acceptors (Lipinski definition) is 7. The van der Waals surface area contributed by atoms with Gasteiger partial charge >= 0.3 is 0 Å². The largest absolute Gasteiger partial charge is 0.387 e. The summed E-state index contributed by atoms with van der Waals surface area (Å²) >= 11 is 9.45. The van der Waals surface area contributed by atoms with Gasteiger partial charge in [-0.25, -0.2) is 5.43 Å². The third-order valence-corrected chi connectivity index (χ3v) is 7.88. The molecule has 2 aliphatic rings. The van der Waals surface area contributed by atoms with Crippen molar-refractivity contribution in [3.8, 4) is 0 Å². The van der Waals surface area contributed by atoms with Gasteiger partial charge in [-0.1, -0.05) is 29.4 Å². The van der Waals surface area contributed by atoms with Gasteiger partial charge in [0.25, 0.3) is 10.0 Å². The second-order valence-corrected chi connectivity index (χ2v) is 10.9. The van der Waals surface area contributed by atoms with Gasteiger partial charge in [0.05, 0.1) is 5.71 Å². The van der Waals surface area contributed by atoms with Crippen LogP contribution in [0.2, 0.25) is 0 Å². The average Bonchev–Trinajstić information content (AvgIpc) is 3.18. The van der Waals surface area contributed by atoms with E-state index in [1.807, 2.05) is 0 Å². The summed E-state index contributed by atoms with van der Waals surface area (Å²) in [6, 6.07) is 5.17. The molecular formula is C15H17ClIN7O2S2. The van der Waals surface area contributed by atoms with E-state index in [1.54, 1.807) is 29.8 Å². The van der Waals surface area contributed by atoms with E-state index in [0.29, 0.717) is 18.5 Å². The number of halogens is 2. The molecule has 0 radical (unpaired) electrons. The van der Waals surface area contributed by atoms with E-state index in [4.69, 9.17) is 28.5 Å². The van der Waals surface area contributed by atoms with Crippen LogP contribution < -0.4 is 21.6 Å². The van der Waals surface area contributed by atoms with Crippen molar-refractivity contribution in [3.63, 3.8) is 0 Å². The number of alkyl halides is 1. The Morgan fingerprint density at radius 1 is 1.39 bits per heavy atom. The molecule has 7 N–H and O–H groups in total. The minimum Gasteiger partial charge on any atom is -0.387 e. The Bertz CT molecular complexity index is 1010. The number of nitrogens with two attached hydrogens (primary N) is 2. The van der Waals surface area contributed by atoms with Gasteiger partial charge in [0, 0.05) is 17.5 Å². The first-order valence-corrected chi connectivity index (χ1v) is 12.0. The lowest BCUT2D eigenvalue weighted by Gasteiger charge is -2.24. The van der Waals surface area contributed by atoms with E-state index in [1.165, 1.54) is 16.7 Å². The first kappa shape index (κ1) is 21.1. The molecule has 150 valence electrons. The molecular weight excluding hydrogens is 537 g/mol. The van der Waals surface area contributed by atoms with E-state index in [9.17, 15) is 8.42 Å². The SMILES string of the molecule is N=C(N)N/N=C1/CCc2cc(NS(=O)(=O)/C(=C(/N)Cl)N3C=CSC3I)ccc21. The summed E-state index contributed by atoms with van der Waals surface area (Å²) in [5, 5.41) is 12.6. The predicted octanol–water partition coefficient (Wildman–Crippen LogP) is 2.12. The fourth-order valence-electron chi connectivity index (χ4n) is 2.83. The predicted molar refractivity (Wildman–Crippen MR) is 122 cm³/mol. The van der Waals surface area contributed by atoms with Gasteiger partial charge in [-0.2, -0.15) is 13.5 Å². The first-order chi connectivity index (χ1) is 13.2. The van der Waals surface area contributed by atoms with E-state index >= 15 is 0 Å². The number of thioether (sulfide) groups is 1. The number of benzene rings is 1. The quantitative estimate of drug-likeness (QED) is 0.0936. The van der Waals surface area contributed by atoms with Crippen LogP contribution in [0.3, 0.4) is 0 Å². The zero-order valence-electron chi connectivity index (χ0n) is 14.3. The summed E-state index contributed by atoms with van der Waals surface area (Å²) < 4.78 is 28.2. The Morgan fingerprint density at radius 2 is 2.14 bits per heavy atom. The smallest absolute Gasteiger partial charge is 0.280 e. The maximum Gasteiger partial charge on any atom is 0.280 e. The van der Waals surface area contributed by atoms with Gasteiger partial charge < -0.3 is 16.4 Å². The van der Waals surface area contributed by atoms with Gasteiger partial charge in [-0.3, -0.25) is 10.1 Å². The number of anilines is 1. The van der Waals surface area contributed by atoms with Gasteiger partial charge in [-0.05, 0) is 58.5 Å². The Labute approximate surface area is 185 Å². The van der Waals surface area contributed by atoms with Crippen LogP contribution in [-0.4, -0.2) is 28.4 Å². The molecule has 13 heteroatoms. The standard InChI is InChI=1S/C15H17ClIN7O2S2/c16-12(18)13(24-5-6-27-14(24)17)28(25,26)23-9-2-3-10-8(7-9)1-4-11(10)21-22-15(19)20/h2-3,5-7,14,23H,1,4,18H2,(H4,19,20,22)/b13-12+,21-11-. The first-order valence-electron chi connectivity index (χ1n) is 7.91. The molecule has 1 aromatic carbocycles. The molecule has 1 aromatic rings. The van der Waals surface area contributed by atoms with Crippen molar-refractivity contribution in [2.24, 2.45) is 16.6 Å². The molecule has 0 spiro atoms. The van der Waals surface area contributed by atoms with Crippen LogP contribution in [0.25, 0.3) is 0 Å². The zero-order valence-corrected chi connectivity index (χ0v) is 18.9. The Morgan fingerprint density at radius 3 is 2.75 bits per heavy atom. The molecule has 1 atom stereocenters. The highest BCUT2D eigenvalue weighted by atomic mass is 127. The fraction of sp³-hybridized carbons (Fsp3) is 0.200. The second kappa shape index (κ2) is 8.39. The molecule has 0 amide bonds. The molecule has 0 saturated heterocycles. The maximum atomic E-state index is 12.9. The highest BCUT2D eigenvalue weighted by molar-refractivity contribution is 14.1. The molecule has 0 aromatic heterocycles. The minimum absolute atomic E-state index is 0.172. The van der Waals surface area contributed by atoms with Gasteiger partial charge in [0.15, 0.2) is 5.03 Å². The van der Waals surface area contributed by atoms with E-state index in [2.05, 4.69) is 37.8 Å². The van der Waals surface area contributed by atoms with Crippen LogP contribution in [0.1, 0.15) is 17.5 Å². The summed E-state index contributed by atoms with van der Waals surface area (Å²) in [4.78, 5) is 1.50. The lowest BCUT2D eigenvalue weighted by Crippen LogP contribution is -2.30. The van der Waals surface area contributed by atoms with Gasteiger partial charge in [0.2, 0.25) is 5.96 Å². The fourth-order valence-corrected chi connectivity index (χ4v) is 6.33. The van der Waals surface area contributed by atoms with Crippen molar-refractivity contribution in [2.75, 3.05) is 4.72 Å². The van der Waals surface area contributed by atoms with Crippen LogP contribution >= 0.6 is 46.0 Å². The van der Waals surface area contributed by atoms with Crippen molar-refractivity contribution in [1.29, 1.82) is 5.41 Å². The molecule has 1 heterocycles. The molecule has 9 nitrogen and oxygen atoms in total. The molecule has 0 fully saturated rings. The van der Waals surface area contributed by atoms with Crippen LogP contribution in [0, 0.1) is 5.41 Å². The molecule has 0 bridgehead atoms. The maximum absolute atomic E-state index is 12.9. The molecule has 0 saturated carbocycles. The number of guanidine groups is 1. The van der Waals surface area contributed by atoms with E-state index < -0.39 is 10.0 Å². The molecule has 1 unspecified atom stereocenters.